The second-order valence-corrected chi connectivity index (χ2v) is 5.89. The molecule has 0 bridgehead atoms. The van der Waals surface area contributed by atoms with Crippen LogP contribution in [0.1, 0.15) is 25.8 Å². The summed E-state index contributed by atoms with van der Waals surface area (Å²) in [5.41, 5.74) is 0.174. The normalized spacial score (nSPS) is 20.0. The van der Waals surface area contributed by atoms with Crippen molar-refractivity contribution in [3.63, 3.8) is 0 Å². The Morgan fingerprint density at radius 1 is 1.21 bits per heavy atom. The van der Waals surface area contributed by atoms with E-state index in [2.05, 4.69) is 5.32 Å². The maximum atomic E-state index is 12.2. The van der Waals surface area contributed by atoms with E-state index in [1.807, 2.05) is 31.2 Å². The van der Waals surface area contributed by atoms with Gasteiger partial charge < -0.3 is 14.8 Å². The number of esters is 1. The van der Waals surface area contributed by atoms with Crippen molar-refractivity contribution >= 4 is 17.9 Å². The Hall–Kier alpha value is -2.57. The van der Waals surface area contributed by atoms with Crippen molar-refractivity contribution in [3.05, 3.63) is 29.8 Å². The molecule has 7 nitrogen and oxygen atoms in total. The Kier molecular flexibility index (Phi) is 5.43. The van der Waals surface area contributed by atoms with E-state index in [-0.39, 0.29) is 13.2 Å². The van der Waals surface area contributed by atoms with Gasteiger partial charge in [-0.25, -0.2) is 4.79 Å². The molecule has 1 heterocycles. The number of amides is 3. The zero-order chi connectivity index (χ0) is 17.7. The predicted octanol–water partition coefficient (Wildman–Crippen LogP) is 1.64. The molecule has 0 spiro atoms. The lowest BCUT2D eigenvalue weighted by atomic mass is 9.99. The first kappa shape index (κ1) is 17.8. The third-order valence-electron chi connectivity index (χ3n) is 3.98. The SMILES string of the molecule is CC[C@]1(C)NC(=O)N(CC(=O)OCCOc2ccc(C)cc2)C1=O. The van der Waals surface area contributed by atoms with Crippen LogP contribution in [0.3, 0.4) is 0 Å². The number of carbonyl (C=O) groups is 3. The molecule has 7 heteroatoms. The van der Waals surface area contributed by atoms with Crippen LogP contribution in [-0.4, -0.2) is 48.1 Å². The minimum atomic E-state index is -0.952. The summed E-state index contributed by atoms with van der Waals surface area (Å²) in [7, 11) is 0. The van der Waals surface area contributed by atoms with Crippen molar-refractivity contribution in [2.75, 3.05) is 19.8 Å². The highest BCUT2D eigenvalue weighted by Crippen LogP contribution is 2.20. The Bertz CT molecular complexity index is 628. The lowest BCUT2D eigenvalue weighted by Crippen LogP contribution is -2.43. The van der Waals surface area contributed by atoms with E-state index in [4.69, 9.17) is 9.47 Å². The molecule has 2 rings (SSSR count). The standard InChI is InChI=1S/C17H22N2O5/c1-4-17(3)15(21)19(16(22)18-17)11-14(20)24-10-9-23-13-7-5-12(2)6-8-13/h5-8H,4,9-11H2,1-3H3,(H,18,22)/t17-/m0/s1. The second kappa shape index (κ2) is 7.33. The van der Waals surface area contributed by atoms with Crippen LogP contribution in [0.15, 0.2) is 24.3 Å². The topological polar surface area (TPSA) is 84.9 Å². The van der Waals surface area contributed by atoms with Crippen molar-refractivity contribution in [3.8, 4) is 5.75 Å². The third-order valence-corrected chi connectivity index (χ3v) is 3.98. The van der Waals surface area contributed by atoms with E-state index in [9.17, 15) is 14.4 Å². The number of nitrogens with one attached hydrogen (secondary N) is 1. The average molecular weight is 334 g/mol. The van der Waals surface area contributed by atoms with Gasteiger partial charge in [0.2, 0.25) is 0 Å². The maximum Gasteiger partial charge on any atom is 0.326 e. The molecule has 1 atom stereocenters. The number of ether oxygens (including phenoxy) is 2. The summed E-state index contributed by atoms with van der Waals surface area (Å²) in [6.07, 6.45) is 0.452. The number of imide groups is 1. The smallest absolute Gasteiger partial charge is 0.326 e. The first-order chi connectivity index (χ1) is 11.4. The Balaban J connectivity index is 1.74. The van der Waals surface area contributed by atoms with E-state index in [1.54, 1.807) is 13.8 Å². The van der Waals surface area contributed by atoms with Gasteiger partial charge in [-0.3, -0.25) is 14.5 Å². The predicted molar refractivity (Wildman–Crippen MR) is 86.6 cm³/mol. The number of hydrogen-bond donors (Lipinski definition) is 1. The number of hydrogen-bond acceptors (Lipinski definition) is 5. The Morgan fingerprint density at radius 2 is 1.88 bits per heavy atom. The Labute approximate surface area is 140 Å². The van der Waals surface area contributed by atoms with Crippen molar-refractivity contribution in [1.82, 2.24) is 10.2 Å². The first-order valence-corrected chi connectivity index (χ1v) is 7.85. The molecule has 1 aromatic rings. The summed E-state index contributed by atoms with van der Waals surface area (Å²) < 4.78 is 10.4. The van der Waals surface area contributed by atoms with Crippen LogP contribution >= 0.6 is 0 Å². The number of carbonyl (C=O) groups excluding carboxylic acids is 3. The number of urea groups is 1. The lowest BCUT2D eigenvalue weighted by molar-refractivity contribution is -0.148. The summed E-state index contributed by atoms with van der Waals surface area (Å²) in [4.78, 5) is 36.6. The summed E-state index contributed by atoms with van der Waals surface area (Å²) in [6.45, 7) is 5.25. The molecule has 1 N–H and O–H groups in total. The molecule has 1 aromatic carbocycles. The highest BCUT2D eigenvalue weighted by atomic mass is 16.6. The van der Waals surface area contributed by atoms with Crippen LogP contribution in [-0.2, 0) is 14.3 Å². The van der Waals surface area contributed by atoms with Gasteiger partial charge in [-0.1, -0.05) is 24.6 Å². The Morgan fingerprint density at radius 3 is 2.46 bits per heavy atom. The quantitative estimate of drug-likeness (QED) is 0.465. The lowest BCUT2D eigenvalue weighted by Gasteiger charge is -2.18. The molecule has 1 aliphatic heterocycles. The molecule has 3 amide bonds. The molecule has 1 fully saturated rings. The zero-order valence-electron chi connectivity index (χ0n) is 14.1. The van der Waals surface area contributed by atoms with Crippen LogP contribution in [0.4, 0.5) is 4.79 Å². The molecule has 0 unspecified atom stereocenters. The van der Waals surface area contributed by atoms with E-state index in [1.165, 1.54) is 0 Å². The van der Waals surface area contributed by atoms with Gasteiger partial charge in [0.05, 0.1) is 0 Å². The number of rotatable bonds is 7. The molecule has 0 radical (unpaired) electrons. The fourth-order valence-electron chi connectivity index (χ4n) is 2.25. The molecular weight excluding hydrogens is 312 g/mol. The van der Waals surface area contributed by atoms with Crippen molar-refractivity contribution in [2.24, 2.45) is 0 Å². The van der Waals surface area contributed by atoms with Gasteiger partial charge in [-0.2, -0.15) is 0 Å². The first-order valence-electron chi connectivity index (χ1n) is 7.85. The minimum absolute atomic E-state index is 0.0431. The summed E-state index contributed by atoms with van der Waals surface area (Å²) >= 11 is 0. The molecule has 0 aliphatic carbocycles. The number of benzene rings is 1. The molecule has 24 heavy (non-hydrogen) atoms. The third kappa shape index (κ3) is 4.04. The highest BCUT2D eigenvalue weighted by Gasteiger charge is 2.47. The maximum absolute atomic E-state index is 12.2. The molecule has 1 saturated heterocycles. The van der Waals surface area contributed by atoms with Gasteiger partial charge in [0, 0.05) is 0 Å². The van der Waals surface area contributed by atoms with Crippen molar-refractivity contribution in [1.29, 1.82) is 0 Å². The van der Waals surface area contributed by atoms with Gasteiger partial charge >= 0.3 is 12.0 Å². The van der Waals surface area contributed by atoms with Gasteiger partial charge in [0.1, 0.15) is 31.0 Å². The summed E-state index contributed by atoms with van der Waals surface area (Å²) in [5.74, 6) is -0.376. The van der Waals surface area contributed by atoms with Gasteiger partial charge in [0.15, 0.2) is 0 Å². The molecule has 0 aromatic heterocycles. The van der Waals surface area contributed by atoms with Crippen molar-refractivity contribution < 1.29 is 23.9 Å². The van der Waals surface area contributed by atoms with Crippen molar-refractivity contribution in [2.45, 2.75) is 32.7 Å². The average Bonchev–Trinajstić information content (AvgIpc) is 2.77. The van der Waals surface area contributed by atoms with Crippen LogP contribution in [0.25, 0.3) is 0 Å². The second-order valence-electron chi connectivity index (χ2n) is 5.89. The zero-order valence-corrected chi connectivity index (χ0v) is 14.1. The summed E-state index contributed by atoms with van der Waals surface area (Å²) in [5, 5.41) is 2.58. The fraction of sp³-hybridized carbons (Fsp3) is 0.471. The largest absolute Gasteiger partial charge is 0.490 e. The van der Waals surface area contributed by atoms with E-state index in [0.717, 1.165) is 10.5 Å². The number of aryl methyl sites for hydroxylation is 1. The van der Waals surface area contributed by atoms with Gasteiger partial charge in [-0.05, 0) is 32.4 Å². The highest BCUT2D eigenvalue weighted by molar-refractivity contribution is 6.08. The van der Waals surface area contributed by atoms with Crippen LogP contribution in [0.2, 0.25) is 0 Å². The number of nitrogens with zero attached hydrogens (tertiary/aromatic N) is 1. The van der Waals surface area contributed by atoms with Crippen LogP contribution < -0.4 is 10.1 Å². The van der Waals surface area contributed by atoms with E-state index >= 15 is 0 Å². The van der Waals surface area contributed by atoms with E-state index in [0.29, 0.717) is 12.2 Å². The van der Waals surface area contributed by atoms with Gasteiger partial charge in [-0.15, -0.1) is 0 Å². The van der Waals surface area contributed by atoms with Crippen LogP contribution in [0.5, 0.6) is 5.75 Å². The molecule has 1 aliphatic rings. The fourth-order valence-corrected chi connectivity index (χ4v) is 2.25. The molecule has 130 valence electrons. The van der Waals surface area contributed by atoms with Crippen LogP contribution in [0, 0.1) is 6.92 Å². The summed E-state index contributed by atoms with van der Waals surface area (Å²) in [6, 6.07) is 6.93. The monoisotopic (exact) mass is 334 g/mol. The van der Waals surface area contributed by atoms with E-state index < -0.39 is 30.0 Å². The molecule has 0 saturated carbocycles. The minimum Gasteiger partial charge on any atom is -0.490 e. The van der Waals surface area contributed by atoms with Gasteiger partial charge in [0.25, 0.3) is 5.91 Å². The molecular formula is C17H22N2O5.